The second-order valence-corrected chi connectivity index (χ2v) is 10.7. The van der Waals surface area contributed by atoms with Crippen molar-refractivity contribution in [3.05, 3.63) is 88.3 Å². The van der Waals surface area contributed by atoms with Crippen molar-refractivity contribution in [1.29, 1.82) is 0 Å². The maximum atomic E-state index is 11.7. The Kier molecular flexibility index (Phi) is 5.59. The van der Waals surface area contributed by atoms with Gasteiger partial charge in [-0.3, -0.25) is 0 Å². The average molecular weight is 486 g/mol. The molecule has 4 aromatic rings. The lowest BCUT2D eigenvalue weighted by molar-refractivity contribution is 0.174. The molecule has 2 atom stereocenters. The Morgan fingerprint density at radius 3 is 2.56 bits per heavy atom. The number of rotatable bonds is 4. The maximum Gasteiger partial charge on any atom is 0.238 e. The van der Waals surface area contributed by atoms with Gasteiger partial charge in [0.15, 0.2) is 11.5 Å². The number of hydrogen-bond acceptors (Lipinski definition) is 5. The largest absolute Gasteiger partial charge is 0.490 e. The summed E-state index contributed by atoms with van der Waals surface area (Å²) in [7, 11) is -3.84. The van der Waals surface area contributed by atoms with Crippen LogP contribution in [0.15, 0.2) is 77.7 Å². The number of halogens is 1. The lowest BCUT2D eigenvalue weighted by atomic mass is 9.89. The molecule has 3 aromatic carbocycles. The van der Waals surface area contributed by atoms with Gasteiger partial charge in [0.1, 0.15) is 6.10 Å². The molecule has 0 fully saturated rings. The van der Waals surface area contributed by atoms with E-state index in [1.54, 1.807) is 17.4 Å². The smallest absolute Gasteiger partial charge is 0.238 e. The first-order valence-electron chi connectivity index (χ1n) is 10.1. The minimum Gasteiger partial charge on any atom is -0.490 e. The van der Waals surface area contributed by atoms with E-state index >= 15 is 0 Å². The van der Waals surface area contributed by atoms with Crippen molar-refractivity contribution in [2.24, 2.45) is 5.14 Å². The molecule has 5 nitrogen and oxygen atoms in total. The number of fused-ring (bicyclic) bond motifs is 2. The van der Waals surface area contributed by atoms with E-state index in [1.807, 2.05) is 36.4 Å². The van der Waals surface area contributed by atoms with E-state index in [9.17, 15) is 8.42 Å². The monoisotopic (exact) mass is 485 g/mol. The molecule has 0 aliphatic carbocycles. The number of thiophene rings is 1. The summed E-state index contributed by atoms with van der Waals surface area (Å²) in [6.45, 7) is 0.373. The van der Waals surface area contributed by atoms with Gasteiger partial charge in [0.05, 0.1) is 17.4 Å². The molecule has 0 bridgehead atoms. The fourth-order valence-electron chi connectivity index (χ4n) is 4.04. The molecule has 32 heavy (non-hydrogen) atoms. The van der Waals surface area contributed by atoms with Gasteiger partial charge in [0.2, 0.25) is 10.0 Å². The highest BCUT2D eigenvalue weighted by molar-refractivity contribution is 7.89. The first kappa shape index (κ1) is 21.3. The number of ether oxygens (including phenoxy) is 2. The normalized spacial score (nSPS) is 17.1. The van der Waals surface area contributed by atoms with Crippen molar-refractivity contribution in [1.82, 2.24) is 0 Å². The van der Waals surface area contributed by atoms with Gasteiger partial charge in [-0.15, -0.1) is 11.3 Å². The van der Waals surface area contributed by atoms with Crippen molar-refractivity contribution in [3.63, 3.8) is 0 Å². The molecule has 5 rings (SSSR count). The van der Waals surface area contributed by atoms with E-state index in [0.29, 0.717) is 29.5 Å². The molecule has 2 N–H and O–H groups in total. The molecule has 0 saturated heterocycles. The van der Waals surface area contributed by atoms with E-state index in [-0.39, 0.29) is 16.9 Å². The van der Waals surface area contributed by atoms with Crippen molar-refractivity contribution in [2.45, 2.75) is 23.3 Å². The predicted molar refractivity (Wildman–Crippen MR) is 127 cm³/mol. The molecular formula is C24H20ClNO4S2. The van der Waals surface area contributed by atoms with Gasteiger partial charge in [-0.05, 0) is 41.3 Å². The fourth-order valence-corrected chi connectivity index (χ4v) is 6.06. The SMILES string of the molecule is NS(=O)(=O)c1ccc2c(c1)OCCC([C@H](c1cc3ccccc3s1)c1ccccc1Cl)O2. The van der Waals surface area contributed by atoms with E-state index in [0.717, 1.165) is 10.4 Å². The lowest BCUT2D eigenvalue weighted by Crippen LogP contribution is -2.26. The Morgan fingerprint density at radius 2 is 1.78 bits per heavy atom. The highest BCUT2D eigenvalue weighted by Gasteiger charge is 2.32. The highest BCUT2D eigenvalue weighted by Crippen LogP contribution is 2.43. The van der Waals surface area contributed by atoms with Crippen molar-refractivity contribution >= 4 is 43.0 Å². The van der Waals surface area contributed by atoms with Crippen LogP contribution >= 0.6 is 22.9 Å². The Morgan fingerprint density at radius 1 is 1.00 bits per heavy atom. The molecule has 1 aromatic heterocycles. The Hall–Kier alpha value is -2.58. The topological polar surface area (TPSA) is 78.6 Å². The third kappa shape index (κ3) is 4.09. The summed E-state index contributed by atoms with van der Waals surface area (Å²) in [5.41, 5.74) is 0.982. The molecule has 8 heteroatoms. The summed E-state index contributed by atoms with van der Waals surface area (Å²) in [4.78, 5) is 1.14. The van der Waals surface area contributed by atoms with E-state index in [4.69, 9.17) is 26.2 Å². The fraction of sp³-hybridized carbons (Fsp3) is 0.167. The van der Waals surface area contributed by atoms with Crippen LogP contribution in [-0.4, -0.2) is 21.1 Å². The summed E-state index contributed by atoms with van der Waals surface area (Å²) >= 11 is 8.36. The summed E-state index contributed by atoms with van der Waals surface area (Å²) in [5, 5.41) is 7.12. The summed E-state index contributed by atoms with van der Waals surface area (Å²) < 4.78 is 37.0. The predicted octanol–water partition coefficient (Wildman–Crippen LogP) is 5.56. The first-order valence-corrected chi connectivity index (χ1v) is 12.8. The van der Waals surface area contributed by atoms with E-state index in [2.05, 4.69) is 18.2 Å². The molecule has 0 amide bonds. The van der Waals surface area contributed by atoms with E-state index < -0.39 is 10.0 Å². The van der Waals surface area contributed by atoms with Crippen LogP contribution in [0.4, 0.5) is 0 Å². The summed E-state index contributed by atoms with van der Waals surface area (Å²) in [6.07, 6.45) is 0.341. The second kappa shape index (κ2) is 8.41. The second-order valence-electron chi connectivity index (χ2n) is 7.63. The third-order valence-corrected chi connectivity index (χ3v) is 8.00. The number of hydrogen-bond donors (Lipinski definition) is 1. The highest BCUT2D eigenvalue weighted by atomic mass is 35.5. The van der Waals surface area contributed by atoms with Crippen LogP contribution in [0.1, 0.15) is 22.8 Å². The average Bonchev–Trinajstić information content (AvgIpc) is 3.07. The molecule has 1 aliphatic rings. The quantitative estimate of drug-likeness (QED) is 0.410. The molecule has 164 valence electrons. The number of primary sulfonamides is 1. The van der Waals surface area contributed by atoms with E-state index in [1.165, 1.54) is 22.2 Å². The van der Waals surface area contributed by atoms with Crippen LogP contribution in [0, 0.1) is 0 Å². The van der Waals surface area contributed by atoms with Crippen molar-refractivity contribution < 1.29 is 17.9 Å². The molecule has 1 unspecified atom stereocenters. The summed E-state index contributed by atoms with van der Waals surface area (Å²) in [5.74, 6) is 0.736. The molecule has 1 aliphatic heterocycles. The van der Waals surface area contributed by atoms with Crippen LogP contribution in [0.3, 0.4) is 0 Å². The van der Waals surface area contributed by atoms with Crippen LogP contribution in [-0.2, 0) is 10.0 Å². The molecule has 0 spiro atoms. The van der Waals surface area contributed by atoms with Gasteiger partial charge in [0, 0.05) is 27.1 Å². The van der Waals surface area contributed by atoms with Gasteiger partial charge < -0.3 is 9.47 Å². The number of benzene rings is 3. The van der Waals surface area contributed by atoms with Crippen LogP contribution in [0.2, 0.25) is 5.02 Å². The maximum absolute atomic E-state index is 11.7. The Balaban J connectivity index is 1.59. The van der Waals surface area contributed by atoms with Gasteiger partial charge in [-0.2, -0.15) is 0 Å². The standard InChI is InChI=1S/C24H20ClNO4S2/c25-18-7-3-2-6-17(18)24(23-13-15-5-1-4-8-22(15)31-23)20-11-12-29-21-14-16(32(26,27)28)9-10-19(21)30-20/h1-10,13-14,20,24H,11-12H2,(H2,26,27,28)/t20?,24-/m1/s1. The van der Waals surface area contributed by atoms with Gasteiger partial charge in [-0.25, -0.2) is 13.6 Å². The third-order valence-electron chi connectivity index (χ3n) is 5.55. The summed E-state index contributed by atoms with van der Waals surface area (Å²) in [6, 6.07) is 22.7. The zero-order chi connectivity index (χ0) is 22.3. The first-order chi connectivity index (χ1) is 15.4. The van der Waals surface area contributed by atoms with Gasteiger partial charge >= 0.3 is 0 Å². The molecule has 2 heterocycles. The zero-order valence-electron chi connectivity index (χ0n) is 16.9. The van der Waals surface area contributed by atoms with Crippen LogP contribution < -0.4 is 14.6 Å². The molecular weight excluding hydrogens is 466 g/mol. The van der Waals surface area contributed by atoms with Crippen LogP contribution in [0.25, 0.3) is 10.1 Å². The van der Waals surface area contributed by atoms with Crippen LogP contribution in [0.5, 0.6) is 11.5 Å². The lowest BCUT2D eigenvalue weighted by Gasteiger charge is -2.27. The molecule has 0 saturated carbocycles. The van der Waals surface area contributed by atoms with Gasteiger partial charge in [0.25, 0.3) is 0 Å². The number of sulfonamides is 1. The molecule has 0 radical (unpaired) electrons. The number of nitrogens with two attached hydrogens (primary N) is 1. The zero-order valence-corrected chi connectivity index (χ0v) is 19.3. The minimum atomic E-state index is -3.84. The van der Waals surface area contributed by atoms with Gasteiger partial charge in [-0.1, -0.05) is 48.0 Å². The van der Waals surface area contributed by atoms with Crippen molar-refractivity contribution in [3.8, 4) is 11.5 Å². The Bertz CT molecular complexity index is 1370. The minimum absolute atomic E-state index is 0.00883. The Labute approximate surface area is 195 Å². The van der Waals surface area contributed by atoms with Crippen molar-refractivity contribution in [2.75, 3.05) is 6.61 Å².